The zero-order valence-corrected chi connectivity index (χ0v) is 14.7. The number of hydrogen-bond donors (Lipinski definition) is 2. The fourth-order valence-corrected chi connectivity index (χ4v) is 3.47. The van der Waals surface area contributed by atoms with Gasteiger partial charge in [0.05, 0.1) is 22.5 Å². The monoisotopic (exact) mass is 370 g/mol. The van der Waals surface area contributed by atoms with Crippen LogP contribution in [-0.2, 0) is 12.6 Å². The summed E-state index contributed by atoms with van der Waals surface area (Å²) in [5.41, 5.74) is 2.08. The van der Waals surface area contributed by atoms with Gasteiger partial charge in [-0.25, -0.2) is 4.98 Å². The molecule has 2 N–H and O–H groups in total. The van der Waals surface area contributed by atoms with Crippen LogP contribution in [-0.4, -0.2) is 35.0 Å². The lowest BCUT2D eigenvalue weighted by atomic mass is 9.80. The number of hydrogen-bond acceptors (Lipinski definition) is 6. The summed E-state index contributed by atoms with van der Waals surface area (Å²) in [5.74, 6) is 0.581. The molecule has 4 aromatic rings. The molecule has 0 spiro atoms. The maximum Gasteiger partial charge on any atom is 0.258 e. The number of aliphatic hydroxyl groups is 1. The highest BCUT2D eigenvalue weighted by Gasteiger charge is 2.42. The van der Waals surface area contributed by atoms with Crippen LogP contribution < -0.4 is 0 Å². The van der Waals surface area contributed by atoms with Crippen LogP contribution in [0.3, 0.4) is 0 Å². The molecule has 4 aromatic heterocycles. The number of halogens is 1. The Kier molecular flexibility index (Phi) is 3.22. The second-order valence-corrected chi connectivity index (χ2v) is 7.04. The van der Waals surface area contributed by atoms with E-state index in [2.05, 4.69) is 25.2 Å². The fraction of sp³-hybridized carbons (Fsp3) is 0.294. The Morgan fingerprint density at radius 3 is 2.88 bits per heavy atom. The molecule has 0 radical (unpaired) electrons. The molecule has 0 saturated heterocycles. The smallest absolute Gasteiger partial charge is 0.258 e. The van der Waals surface area contributed by atoms with E-state index in [-0.39, 0.29) is 5.89 Å². The van der Waals surface area contributed by atoms with Crippen LogP contribution in [0.2, 0.25) is 5.02 Å². The largest absolute Gasteiger partial charge is 0.380 e. The highest BCUT2D eigenvalue weighted by Crippen LogP contribution is 2.42. The minimum Gasteiger partial charge on any atom is -0.380 e. The number of rotatable bonds is 3. The molecule has 5 rings (SSSR count). The van der Waals surface area contributed by atoms with Crippen molar-refractivity contribution in [3.8, 4) is 22.6 Å². The van der Waals surface area contributed by atoms with Gasteiger partial charge in [0.1, 0.15) is 11.2 Å². The SMILES string of the molecule is Cn1cc(-c2cc3c(-c4noc(C5(O)CCC5)n4)c(Cl)cnc3[nH]2)cn1. The molecule has 1 saturated carbocycles. The molecule has 0 bridgehead atoms. The molecular formula is C17H15ClN6O2. The Bertz CT molecular complexity index is 1120. The van der Waals surface area contributed by atoms with Crippen molar-refractivity contribution in [2.75, 3.05) is 0 Å². The number of aromatic nitrogens is 6. The van der Waals surface area contributed by atoms with Crippen molar-refractivity contribution in [2.45, 2.75) is 24.9 Å². The number of H-pyrrole nitrogens is 1. The Morgan fingerprint density at radius 2 is 2.19 bits per heavy atom. The van der Waals surface area contributed by atoms with Crippen LogP contribution in [0.15, 0.2) is 29.2 Å². The van der Waals surface area contributed by atoms with Crippen LogP contribution in [0.1, 0.15) is 25.2 Å². The van der Waals surface area contributed by atoms with E-state index in [1.54, 1.807) is 17.1 Å². The molecule has 1 aliphatic carbocycles. The molecule has 0 atom stereocenters. The van der Waals surface area contributed by atoms with Crippen LogP contribution in [0.5, 0.6) is 0 Å². The van der Waals surface area contributed by atoms with Gasteiger partial charge in [-0.05, 0) is 25.3 Å². The van der Waals surface area contributed by atoms with Crippen LogP contribution in [0.4, 0.5) is 0 Å². The Hall–Kier alpha value is -2.71. The zero-order chi connectivity index (χ0) is 17.9. The first kappa shape index (κ1) is 15.5. The molecule has 4 heterocycles. The third-order valence-electron chi connectivity index (χ3n) is 4.86. The zero-order valence-electron chi connectivity index (χ0n) is 13.9. The Labute approximate surface area is 152 Å². The van der Waals surface area contributed by atoms with Crippen molar-refractivity contribution < 1.29 is 9.63 Å². The summed E-state index contributed by atoms with van der Waals surface area (Å²) in [6, 6.07) is 1.94. The van der Waals surface area contributed by atoms with Crippen LogP contribution >= 0.6 is 11.6 Å². The van der Waals surface area contributed by atoms with Crippen molar-refractivity contribution in [3.05, 3.63) is 35.6 Å². The summed E-state index contributed by atoms with van der Waals surface area (Å²) in [5, 5.41) is 19.9. The molecule has 0 aromatic carbocycles. The van der Waals surface area contributed by atoms with Gasteiger partial charge < -0.3 is 14.6 Å². The fourth-order valence-electron chi connectivity index (χ4n) is 3.23. The molecule has 1 fully saturated rings. The second-order valence-electron chi connectivity index (χ2n) is 6.64. The molecule has 1 aliphatic rings. The molecule has 0 aliphatic heterocycles. The van der Waals surface area contributed by atoms with E-state index in [1.807, 2.05) is 19.3 Å². The Morgan fingerprint density at radius 1 is 1.35 bits per heavy atom. The van der Waals surface area contributed by atoms with E-state index in [0.717, 1.165) is 23.1 Å². The van der Waals surface area contributed by atoms with Gasteiger partial charge in [-0.15, -0.1) is 0 Å². The number of aryl methyl sites for hydroxylation is 1. The summed E-state index contributed by atoms with van der Waals surface area (Å²) in [7, 11) is 1.86. The van der Waals surface area contributed by atoms with Crippen molar-refractivity contribution >= 4 is 22.6 Å². The minimum atomic E-state index is -1.01. The number of pyridine rings is 1. The molecule has 0 unspecified atom stereocenters. The molecule has 8 nitrogen and oxygen atoms in total. The van der Waals surface area contributed by atoms with Gasteiger partial charge in [-0.3, -0.25) is 4.68 Å². The predicted molar refractivity (Wildman–Crippen MR) is 94.3 cm³/mol. The Balaban J connectivity index is 1.65. The first-order chi connectivity index (χ1) is 12.5. The summed E-state index contributed by atoms with van der Waals surface area (Å²) >= 11 is 6.39. The minimum absolute atomic E-state index is 0.239. The van der Waals surface area contributed by atoms with Gasteiger partial charge in [-0.2, -0.15) is 10.1 Å². The second kappa shape index (κ2) is 5.39. The van der Waals surface area contributed by atoms with E-state index < -0.39 is 5.60 Å². The maximum atomic E-state index is 10.4. The van der Waals surface area contributed by atoms with E-state index in [0.29, 0.717) is 34.9 Å². The highest BCUT2D eigenvalue weighted by atomic mass is 35.5. The van der Waals surface area contributed by atoms with Crippen molar-refractivity contribution in [2.24, 2.45) is 7.05 Å². The summed E-state index contributed by atoms with van der Waals surface area (Å²) in [6.45, 7) is 0. The van der Waals surface area contributed by atoms with E-state index in [9.17, 15) is 5.11 Å². The number of aromatic amines is 1. The van der Waals surface area contributed by atoms with Crippen LogP contribution in [0, 0.1) is 0 Å². The van der Waals surface area contributed by atoms with Crippen molar-refractivity contribution in [1.82, 2.24) is 29.9 Å². The molecule has 26 heavy (non-hydrogen) atoms. The predicted octanol–water partition coefficient (Wildman–Crippen LogP) is 3.04. The van der Waals surface area contributed by atoms with Gasteiger partial charge in [-0.1, -0.05) is 16.8 Å². The number of fused-ring (bicyclic) bond motifs is 1. The molecular weight excluding hydrogens is 356 g/mol. The highest BCUT2D eigenvalue weighted by molar-refractivity contribution is 6.34. The topological polar surface area (TPSA) is 106 Å². The third-order valence-corrected chi connectivity index (χ3v) is 5.14. The van der Waals surface area contributed by atoms with Gasteiger partial charge >= 0.3 is 0 Å². The summed E-state index contributed by atoms with van der Waals surface area (Å²) in [6.07, 6.45) is 7.43. The van der Waals surface area contributed by atoms with Gasteiger partial charge in [0.15, 0.2) is 0 Å². The molecule has 0 amide bonds. The lowest BCUT2D eigenvalue weighted by Gasteiger charge is -2.32. The average molecular weight is 371 g/mol. The van der Waals surface area contributed by atoms with E-state index in [1.165, 1.54) is 0 Å². The normalized spacial score (nSPS) is 16.1. The van der Waals surface area contributed by atoms with Gasteiger partial charge in [0, 0.05) is 30.4 Å². The average Bonchev–Trinajstić information content (AvgIpc) is 3.31. The van der Waals surface area contributed by atoms with Crippen LogP contribution in [0.25, 0.3) is 33.7 Å². The third kappa shape index (κ3) is 2.26. The van der Waals surface area contributed by atoms with Gasteiger partial charge in [0.25, 0.3) is 5.89 Å². The quantitative estimate of drug-likeness (QED) is 0.574. The summed E-state index contributed by atoms with van der Waals surface area (Å²) < 4.78 is 7.04. The lowest BCUT2D eigenvalue weighted by Crippen LogP contribution is -2.33. The molecule has 9 heteroatoms. The number of nitrogens with one attached hydrogen (secondary N) is 1. The standard InChI is InChI=1S/C17H15ClN6O2/c1-24-8-9(6-20-24)12-5-10-13(11(18)7-19-14(10)21-12)15-22-16(26-23-15)17(25)3-2-4-17/h5-8,25H,2-4H2,1H3,(H,19,21). The van der Waals surface area contributed by atoms with Crippen molar-refractivity contribution in [3.63, 3.8) is 0 Å². The molecule has 132 valence electrons. The van der Waals surface area contributed by atoms with Gasteiger partial charge in [0.2, 0.25) is 5.82 Å². The first-order valence-corrected chi connectivity index (χ1v) is 8.64. The van der Waals surface area contributed by atoms with E-state index in [4.69, 9.17) is 16.1 Å². The maximum absolute atomic E-state index is 10.4. The summed E-state index contributed by atoms with van der Waals surface area (Å²) in [4.78, 5) is 12.0. The lowest BCUT2D eigenvalue weighted by molar-refractivity contribution is -0.0646. The number of nitrogens with zero attached hydrogens (tertiary/aromatic N) is 5. The van der Waals surface area contributed by atoms with E-state index >= 15 is 0 Å². The first-order valence-electron chi connectivity index (χ1n) is 8.27. The van der Waals surface area contributed by atoms with Crippen molar-refractivity contribution in [1.29, 1.82) is 0 Å².